The lowest BCUT2D eigenvalue weighted by Gasteiger charge is -2.37. The van der Waals surface area contributed by atoms with Gasteiger partial charge in [-0.1, -0.05) is 35.9 Å². The van der Waals surface area contributed by atoms with Crippen molar-refractivity contribution in [2.45, 2.75) is 19.3 Å². The van der Waals surface area contributed by atoms with Gasteiger partial charge in [-0.05, 0) is 43.5 Å². The van der Waals surface area contributed by atoms with Crippen molar-refractivity contribution in [1.82, 2.24) is 9.97 Å². The van der Waals surface area contributed by atoms with Crippen LogP contribution in [0.15, 0.2) is 48.5 Å². The van der Waals surface area contributed by atoms with Crippen LogP contribution in [0, 0.1) is 0 Å². The standard InChI is InChI=1S/C23H26ClN5/c24-19-9-3-5-11-21(19)27-14-16-29(17-15-27)23-25-20-10-4-2-8-18(20)22(26-23)28-12-6-1-7-13-28/h2-5,8-11H,1,6-7,12-17H2. The number of benzene rings is 2. The van der Waals surface area contributed by atoms with Crippen LogP contribution in [0.5, 0.6) is 0 Å². The number of aromatic nitrogens is 2. The van der Waals surface area contributed by atoms with Gasteiger partial charge in [0.05, 0.1) is 16.2 Å². The molecular weight excluding hydrogens is 382 g/mol. The number of fused-ring (bicyclic) bond motifs is 1. The predicted octanol–water partition coefficient (Wildman–Crippen LogP) is 4.60. The number of hydrogen-bond acceptors (Lipinski definition) is 5. The number of rotatable bonds is 3. The van der Waals surface area contributed by atoms with Gasteiger partial charge in [0.1, 0.15) is 5.82 Å². The van der Waals surface area contributed by atoms with Gasteiger partial charge in [0.15, 0.2) is 0 Å². The Morgan fingerprint density at radius 3 is 2.14 bits per heavy atom. The Morgan fingerprint density at radius 2 is 1.34 bits per heavy atom. The highest BCUT2D eigenvalue weighted by molar-refractivity contribution is 6.33. The minimum atomic E-state index is 0.815. The summed E-state index contributed by atoms with van der Waals surface area (Å²) < 4.78 is 0. The van der Waals surface area contributed by atoms with E-state index in [4.69, 9.17) is 21.6 Å². The van der Waals surface area contributed by atoms with Crippen LogP contribution >= 0.6 is 11.6 Å². The average Bonchev–Trinajstić information content (AvgIpc) is 2.79. The Balaban J connectivity index is 1.41. The minimum Gasteiger partial charge on any atom is -0.367 e. The molecule has 2 aromatic carbocycles. The van der Waals surface area contributed by atoms with Crippen molar-refractivity contribution in [1.29, 1.82) is 0 Å². The zero-order valence-corrected chi connectivity index (χ0v) is 17.4. The van der Waals surface area contributed by atoms with Gasteiger partial charge in [0.2, 0.25) is 5.95 Å². The largest absolute Gasteiger partial charge is 0.367 e. The molecule has 0 saturated carbocycles. The van der Waals surface area contributed by atoms with Crippen molar-refractivity contribution >= 4 is 40.0 Å². The summed E-state index contributed by atoms with van der Waals surface area (Å²) in [5, 5.41) is 1.98. The lowest BCUT2D eigenvalue weighted by molar-refractivity contribution is 0.573. The van der Waals surface area contributed by atoms with Gasteiger partial charge in [-0.3, -0.25) is 0 Å². The lowest BCUT2D eigenvalue weighted by atomic mass is 10.1. The molecule has 2 saturated heterocycles. The van der Waals surface area contributed by atoms with E-state index in [1.54, 1.807) is 0 Å². The molecule has 0 unspecified atom stereocenters. The Kier molecular flexibility index (Phi) is 5.15. The highest BCUT2D eigenvalue weighted by atomic mass is 35.5. The van der Waals surface area contributed by atoms with Crippen LogP contribution in [-0.4, -0.2) is 49.2 Å². The normalized spacial score (nSPS) is 17.8. The van der Waals surface area contributed by atoms with E-state index in [9.17, 15) is 0 Å². The van der Waals surface area contributed by atoms with Gasteiger partial charge < -0.3 is 14.7 Å². The second-order valence-electron chi connectivity index (χ2n) is 7.84. The third kappa shape index (κ3) is 3.71. The first-order valence-corrected chi connectivity index (χ1v) is 10.9. The average molecular weight is 408 g/mol. The second-order valence-corrected chi connectivity index (χ2v) is 8.24. The Hall–Kier alpha value is -2.53. The molecule has 5 nitrogen and oxygen atoms in total. The maximum Gasteiger partial charge on any atom is 0.228 e. The van der Waals surface area contributed by atoms with Crippen LogP contribution in [-0.2, 0) is 0 Å². The molecule has 0 radical (unpaired) electrons. The number of piperazine rings is 1. The highest BCUT2D eigenvalue weighted by Crippen LogP contribution is 2.30. The first-order valence-electron chi connectivity index (χ1n) is 10.6. The van der Waals surface area contributed by atoms with Gasteiger partial charge in [-0.15, -0.1) is 0 Å². The third-order valence-electron chi connectivity index (χ3n) is 5.98. The smallest absolute Gasteiger partial charge is 0.228 e. The zero-order valence-electron chi connectivity index (χ0n) is 16.6. The van der Waals surface area contributed by atoms with Gasteiger partial charge in [-0.25, -0.2) is 4.98 Å². The fourth-order valence-corrected chi connectivity index (χ4v) is 4.65. The van der Waals surface area contributed by atoms with E-state index < -0.39 is 0 Å². The van der Waals surface area contributed by atoms with E-state index in [0.29, 0.717) is 0 Å². The fourth-order valence-electron chi connectivity index (χ4n) is 4.39. The molecule has 3 aromatic rings. The summed E-state index contributed by atoms with van der Waals surface area (Å²) >= 11 is 6.40. The molecule has 0 N–H and O–H groups in total. The molecule has 2 fully saturated rings. The van der Waals surface area contributed by atoms with Crippen molar-refractivity contribution in [2.24, 2.45) is 0 Å². The summed E-state index contributed by atoms with van der Waals surface area (Å²) in [7, 11) is 0. The number of nitrogens with zero attached hydrogens (tertiary/aromatic N) is 5. The Morgan fingerprint density at radius 1 is 0.655 bits per heavy atom. The van der Waals surface area contributed by atoms with Gasteiger partial charge in [0, 0.05) is 44.7 Å². The fraction of sp³-hybridized carbons (Fsp3) is 0.391. The summed E-state index contributed by atoms with van der Waals surface area (Å²) in [6.45, 7) is 5.78. The molecule has 2 aliphatic heterocycles. The molecule has 6 heteroatoms. The third-order valence-corrected chi connectivity index (χ3v) is 6.30. The molecule has 0 bridgehead atoms. The highest BCUT2D eigenvalue weighted by Gasteiger charge is 2.23. The Bertz CT molecular complexity index is 993. The molecule has 29 heavy (non-hydrogen) atoms. The quantitative estimate of drug-likeness (QED) is 0.634. The molecule has 5 rings (SSSR count). The molecule has 1 aromatic heterocycles. The van der Waals surface area contributed by atoms with Gasteiger partial charge >= 0.3 is 0 Å². The first-order chi connectivity index (χ1) is 14.3. The number of hydrogen-bond donors (Lipinski definition) is 0. The maximum absolute atomic E-state index is 6.40. The van der Waals surface area contributed by atoms with Crippen LogP contribution in [0.1, 0.15) is 19.3 Å². The van der Waals surface area contributed by atoms with Gasteiger partial charge in [-0.2, -0.15) is 4.98 Å². The van der Waals surface area contributed by atoms with E-state index in [2.05, 4.69) is 45.0 Å². The molecule has 0 amide bonds. The van der Waals surface area contributed by atoms with E-state index >= 15 is 0 Å². The van der Waals surface area contributed by atoms with E-state index in [0.717, 1.165) is 72.6 Å². The van der Waals surface area contributed by atoms with Crippen LogP contribution in [0.3, 0.4) is 0 Å². The van der Waals surface area contributed by atoms with Crippen LogP contribution in [0.25, 0.3) is 10.9 Å². The molecule has 2 aliphatic rings. The molecule has 0 atom stereocenters. The molecular formula is C23H26ClN5. The monoisotopic (exact) mass is 407 g/mol. The van der Waals surface area contributed by atoms with Gasteiger partial charge in [0.25, 0.3) is 0 Å². The summed E-state index contributed by atoms with van der Waals surface area (Å²) in [5.41, 5.74) is 2.15. The van der Waals surface area contributed by atoms with E-state index in [1.807, 2.05) is 18.2 Å². The molecule has 0 aliphatic carbocycles. The van der Waals surface area contributed by atoms with Crippen molar-refractivity contribution in [3.8, 4) is 0 Å². The van der Waals surface area contributed by atoms with Crippen molar-refractivity contribution < 1.29 is 0 Å². The number of piperidine rings is 1. The summed E-state index contributed by atoms with van der Waals surface area (Å²) in [5.74, 6) is 1.95. The number of para-hydroxylation sites is 2. The van der Waals surface area contributed by atoms with Crippen LogP contribution in [0.2, 0.25) is 5.02 Å². The van der Waals surface area contributed by atoms with Crippen molar-refractivity contribution in [3.63, 3.8) is 0 Å². The SMILES string of the molecule is Clc1ccccc1N1CCN(c2nc(N3CCCCC3)c3ccccc3n2)CC1. The minimum absolute atomic E-state index is 0.815. The van der Waals surface area contributed by atoms with Crippen LogP contribution < -0.4 is 14.7 Å². The first kappa shape index (κ1) is 18.5. The van der Waals surface area contributed by atoms with Crippen LogP contribution in [0.4, 0.5) is 17.5 Å². The maximum atomic E-state index is 6.40. The number of halogens is 1. The Labute approximate surface area is 176 Å². The molecule has 3 heterocycles. The van der Waals surface area contributed by atoms with E-state index in [1.165, 1.54) is 19.3 Å². The van der Waals surface area contributed by atoms with Crippen molar-refractivity contribution in [3.05, 3.63) is 53.6 Å². The summed E-state index contributed by atoms with van der Waals surface area (Å²) in [6.07, 6.45) is 3.80. The predicted molar refractivity (Wildman–Crippen MR) is 121 cm³/mol. The second kappa shape index (κ2) is 8.07. The zero-order chi connectivity index (χ0) is 19.6. The summed E-state index contributed by atoms with van der Waals surface area (Å²) in [4.78, 5) is 17.1. The summed E-state index contributed by atoms with van der Waals surface area (Å²) in [6, 6.07) is 16.5. The van der Waals surface area contributed by atoms with E-state index in [-0.39, 0.29) is 0 Å². The topological polar surface area (TPSA) is 35.5 Å². The molecule has 0 spiro atoms. The lowest BCUT2D eigenvalue weighted by Crippen LogP contribution is -2.47. The number of anilines is 3. The van der Waals surface area contributed by atoms with Crippen molar-refractivity contribution in [2.75, 3.05) is 54.0 Å². The molecule has 150 valence electrons.